The molecule has 0 bridgehead atoms. The Kier molecular flexibility index (Phi) is 3.48. The molecule has 2 atom stereocenters. The fourth-order valence-electron chi connectivity index (χ4n) is 2.03. The van der Waals surface area contributed by atoms with Gasteiger partial charge in [-0.25, -0.2) is 0 Å². The van der Waals surface area contributed by atoms with Gasteiger partial charge < -0.3 is 9.64 Å². The van der Waals surface area contributed by atoms with E-state index >= 15 is 0 Å². The van der Waals surface area contributed by atoms with E-state index in [0.29, 0.717) is 0 Å². The summed E-state index contributed by atoms with van der Waals surface area (Å²) in [5, 5.41) is 0. The molecular weight excluding hydrogens is 214 g/mol. The standard InChI is InChI=1S/C14H19NO2/c1-4-15(5-2)14(16)13-12(17-13)11-8-6-10(3)7-9-11/h6-9,12-13H,4-5H2,1-3H3/t12-,13+/m1/s1. The van der Waals surface area contributed by atoms with Gasteiger partial charge in [-0.1, -0.05) is 29.8 Å². The second-order valence-corrected chi connectivity index (χ2v) is 4.40. The molecular formula is C14H19NO2. The molecule has 1 aliphatic heterocycles. The van der Waals surface area contributed by atoms with Crippen molar-refractivity contribution in [3.05, 3.63) is 35.4 Å². The molecule has 0 radical (unpaired) electrons. The highest BCUT2D eigenvalue weighted by atomic mass is 16.6. The van der Waals surface area contributed by atoms with Gasteiger partial charge in [0.15, 0.2) is 6.10 Å². The maximum absolute atomic E-state index is 12.0. The molecule has 0 saturated carbocycles. The lowest BCUT2D eigenvalue weighted by Gasteiger charge is -2.17. The number of epoxide rings is 1. The third-order valence-electron chi connectivity index (χ3n) is 3.22. The monoisotopic (exact) mass is 233 g/mol. The van der Waals surface area contributed by atoms with Crippen molar-refractivity contribution in [2.75, 3.05) is 13.1 Å². The summed E-state index contributed by atoms with van der Waals surface area (Å²) in [6, 6.07) is 8.18. The first-order valence-electron chi connectivity index (χ1n) is 6.18. The van der Waals surface area contributed by atoms with Crippen molar-refractivity contribution < 1.29 is 9.53 Å². The van der Waals surface area contributed by atoms with Gasteiger partial charge in [-0.15, -0.1) is 0 Å². The van der Waals surface area contributed by atoms with Crippen molar-refractivity contribution in [1.29, 1.82) is 0 Å². The SMILES string of the molecule is CCN(CC)C(=O)[C@H]1O[C@@H]1c1ccc(C)cc1. The molecule has 3 heteroatoms. The second kappa shape index (κ2) is 4.88. The molecule has 1 amide bonds. The molecule has 1 fully saturated rings. The van der Waals surface area contributed by atoms with Crippen LogP contribution in [0.3, 0.4) is 0 Å². The van der Waals surface area contributed by atoms with Crippen molar-refractivity contribution in [3.63, 3.8) is 0 Å². The first kappa shape index (κ1) is 12.1. The van der Waals surface area contributed by atoms with Crippen molar-refractivity contribution >= 4 is 5.91 Å². The van der Waals surface area contributed by atoms with E-state index in [4.69, 9.17) is 4.74 Å². The molecule has 1 aromatic carbocycles. The number of hydrogen-bond acceptors (Lipinski definition) is 2. The first-order chi connectivity index (χ1) is 8.17. The van der Waals surface area contributed by atoms with Gasteiger partial charge in [0, 0.05) is 13.1 Å². The minimum Gasteiger partial charge on any atom is -0.354 e. The minimum absolute atomic E-state index is 0.0382. The number of carbonyl (C=O) groups excluding carboxylic acids is 1. The quantitative estimate of drug-likeness (QED) is 0.748. The zero-order valence-electron chi connectivity index (χ0n) is 10.6. The molecule has 0 unspecified atom stereocenters. The number of aryl methyl sites for hydroxylation is 1. The first-order valence-corrected chi connectivity index (χ1v) is 6.18. The topological polar surface area (TPSA) is 32.8 Å². The number of rotatable bonds is 4. The fraction of sp³-hybridized carbons (Fsp3) is 0.500. The molecule has 1 saturated heterocycles. The molecule has 1 aliphatic rings. The predicted octanol–water partition coefficient (Wildman–Crippen LogP) is 2.30. The van der Waals surface area contributed by atoms with Gasteiger partial charge in [-0.3, -0.25) is 4.79 Å². The Balaban J connectivity index is 2.00. The van der Waals surface area contributed by atoms with Crippen molar-refractivity contribution in [2.24, 2.45) is 0 Å². The molecule has 0 aliphatic carbocycles. The van der Waals surface area contributed by atoms with E-state index in [2.05, 4.69) is 19.1 Å². The zero-order chi connectivity index (χ0) is 12.4. The molecule has 0 spiro atoms. The Labute approximate surface area is 102 Å². The Bertz CT molecular complexity index is 395. The fourth-order valence-corrected chi connectivity index (χ4v) is 2.03. The van der Waals surface area contributed by atoms with E-state index in [0.717, 1.165) is 18.7 Å². The minimum atomic E-state index is -0.266. The average molecular weight is 233 g/mol. The van der Waals surface area contributed by atoms with E-state index in [9.17, 15) is 4.79 Å². The summed E-state index contributed by atoms with van der Waals surface area (Å²) in [5.74, 6) is 0.112. The van der Waals surface area contributed by atoms with E-state index in [1.54, 1.807) is 0 Å². The van der Waals surface area contributed by atoms with Crippen LogP contribution in [0.15, 0.2) is 24.3 Å². The Morgan fingerprint density at radius 2 is 1.82 bits per heavy atom. The highest BCUT2D eigenvalue weighted by Crippen LogP contribution is 2.39. The van der Waals surface area contributed by atoms with E-state index in [1.807, 2.05) is 30.9 Å². The van der Waals surface area contributed by atoms with Crippen LogP contribution in [0.4, 0.5) is 0 Å². The van der Waals surface area contributed by atoms with Crippen LogP contribution in [0.1, 0.15) is 31.1 Å². The normalized spacial score (nSPS) is 22.3. The number of amides is 1. The number of ether oxygens (including phenoxy) is 1. The van der Waals surface area contributed by atoms with Crippen LogP contribution in [0.5, 0.6) is 0 Å². The summed E-state index contributed by atoms with van der Waals surface area (Å²) in [5.41, 5.74) is 2.32. The average Bonchev–Trinajstić information content (AvgIpc) is 3.11. The van der Waals surface area contributed by atoms with E-state index in [-0.39, 0.29) is 18.1 Å². The maximum atomic E-state index is 12.0. The second-order valence-electron chi connectivity index (χ2n) is 4.40. The van der Waals surface area contributed by atoms with Crippen LogP contribution in [0.25, 0.3) is 0 Å². The lowest BCUT2D eigenvalue weighted by atomic mass is 10.1. The molecule has 3 nitrogen and oxygen atoms in total. The van der Waals surface area contributed by atoms with E-state index in [1.165, 1.54) is 5.56 Å². The summed E-state index contributed by atoms with van der Waals surface area (Å²) in [6.45, 7) is 7.52. The Morgan fingerprint density at radius 3 is 2.35 bits per heavy atom. The molecule has 2 rings (SSSR count). The summed E-state index contributed by atoms with van der Waals surface area (Å²) in [6.07, 6.45) is -0.304. The lowest BCUT2D eigenvalue weighted by molar-refractivity contribution is -0.132. The third-order valence-corrected chi connectivity index (χ3v) is 3.22. The Morgan fingerprint density at radius 1 is 1.24 bits per heavy atom. The smallest absolute Gasteiger partial charge is 0.254 e. The predicted molar refractivity (Wildman–Crippen MR) is 66.7 cm³/mol. The summed E-state index contributed by atoms with van der Waals surface area (Å²) >= 11 is 0. The van der Waals surface area contributed by atoms with Crippen LogP contribution >= 0.6 is 0 Å². The Hall–Kier alpha value is -1.35. The number of benzene rings is 1. The van der Waals surface area contributed by atoms with Crippen molar-refractivity contribution in [1.82, 2.24) is 4.90 Å². The van der Waals surface area contributed by atoms with Crippen LogP contribution in [-0.4, -0.2) is 30.0 Å². The van der Waals surface area contributed by atoms with Crippen LogP contribution in [-0.2, 0) is 9.53 Å². The van der Waals surface area contributed by atoms with Gasteiger partial charge in [0.2, 0.25) is 0 Å². The molecule has 1 aromatic rings. The van der Waals surface area contributed by atoms with E-state index < -0.39 is 0 Å². The van der Waals surface area contributed by atoms with Crippen molar-refractivity contribution in [2.45, 2.75) is 33.0 Å². The number of nitrogens with zero attached hydrogens (tertiary/aromatic N) is 1. The van der Waals surface area contributed by atoms with Gasteiger partial charge in [-0.2, -0.15) is 0 Å². The van der Waals surface area contributed by atoms with Gasteiger partial charge in [-0.05, 0) is 26.3 Å². The van der Waals surface area contributed by atoms with Crippen LogP contribution < -0.4 is 0 Å². The summed E-state index contributed by atoms with van der Waals surface area (Å²) in [7, 11) is 0. The summed E-state index contributed by atoms with van der Waals surface area (Å²) < 4.78 is 5.50. The third kappa shape index (κ3) is 2.50. The van der Waals surface area contributed by atoms with Gasteiger partial charge >= 0.3 is 0 Å². The maximum Gasteiger partial charge on any atom is 0.254 e. The molecule has 17 heavy (non-hydrogen) atoms. The van der Waals surface area contributed by atoms with Crippen LogP contribution in [0, 0.1) is 6.92 Å². The highest BCUT2D eigenvalue weighted by Gasteiger charge is 2.47. The lowest BCUT2D eigenvalue weighted by Crippen LogP contribution is -2.34. The number of likely N-dealkylation sites (N-methyl/N-ethyl adjacent to an activating group) is 1. The molecule has 0 aromatic heterocycles. The summed E-state index contributed by atoms with van der Waals surface area (Å²) in [4.78, 5) is 13.8. The van der Waals surface area contributed by atoms with Gasteiger partial charge in [0.25, 0.3) is 5.91 Å². The largest absolute Gasteiger partial charge is 0.354 e. The molecule has 92 valence electrons. The number of carbonyl (C=O) groups is 1. The number of hydrogen-bond donors (Lipinski definition) is 0. The van der Waals surface area contributed by atoms with Crippen molar-refractivity contribution in [3.8, 4) is 0 Å². The highest BCUT2D eigenvalue weighted by molar-refractivity contribution is 5.84. The van der Waals surface area contributed by atoms with Crippen LogP contribution in [0.2, 0.25) is 0 Å². The molecule has 0 N–H and O–H groups in total. The van der Waals surface area contributed by atoms with Gasteiger partial charge in [0.05, 0.1) is 0 Å². The molecule has 1 heterocycles. The van der Waals surface area contributed by atoms with Gasteiger partial charge in [0.1, 0.15) is 6.10 Å². The zero-order valence-corrected chi connectivity index (χ0v) is 10.6.